The minimum Gasteiger partial charge on any atom is -0.383 e. The quantitative estimate of drug-likeness (QED) is 0.401. The van der Waals surface area contributed by atoms with E-state index in [-0.39, 0.29) is 5.54 Å². The van der Waals surface area contributed by atoms with Gasteiger partial charge in [-0.15, -0.1) is 0 Å². The highest BCUT2D eigenvalue weighted by Crippen LogP contribution is 1.97. The molecule has 0 saturated heterocycles. The Balaban J connectivity index is 3.37. The van der Waals surface area contributed by atoms with Crippen LogP contribution in [0.5, 0.6) is 0 Å². The number of nitrogens with two attached hydrogens (primary N) is 1. The molecule has 0 saturated carbocycles. The van der Waals surface area contributed by atoms with Crippen LogP contribution < -0.4 is 11.3 Å². The zero-order valence-corrected chi connectivity index (χ0v) is 5.69. The van der Waals surface area contributed by atoms with Crippen LogP contribution in [-0.2, 0) is 4.74 Å². The van der Waals surface area contributed by atoms with Gasteiger partial charge in [0.15, 0.2) is 0 Å². The van der Waals surface area contributed by atoms with E-state index >= 15 is 0 Å². The molecule has 0 aromatic heterocycles. The standard InChI is InChI=1S/C5H14N2O/c1-5(2,7-6)4-8-3/h7H,4,6H2,1-3H3. The lowest BCUT2D eigenvalue weighted by Crippen LogP contribution is -2.47. The van der Waals surface area contributed by atoms with Gasteiger partial charge in [-0.1, -0.05) is 0 Å². The van der Waals surface area contributed by atoms with Crippen LogP contribution in [0.1, 0.15) is 13.8 Å². The molecule has 3 N–H and O–H groups in total. The minimum absolute atomic E-state index is 0.102. The Bertz CT molecular complexity index is 63.4. The fourth-order valence-electron chi connectivity index (χ4n) is 0.403. The number of ether oxygens (including phenoxy) is 1. The second-order valence-corrected chi connectivity index (χ2v) is 2.46. The van der Waals surface area contributed by atoms with Gasteiger partial charge in [0, 0.05) is 12.6 Å². The van der Waals surface area contributed by atoms with E-state index in [0.717, 1.165) is 0 Å². The van der Waals surface area contributed by atoms with Crippen molar-refractivity contribution in [1.29, 1.82) is 0 Å². The normalized spacial score (nSPS) is 12.0. The minimum atomic E-state index is -0.102. The third kappa shape index (κ3) is 2.96. The van der Waals surface area contributed by atoms with Gasteiger partial charge >= 0.3 is 0 Å². The number of hydrazine groups is 1. The van der Waals surface area contributed by atoms with Gasteiger partial charge < -0.3 is 4.74 Å². The summed E-state index contributed by atoms with van der Waals surface area (Å²) < 4.78 is 4.86. The van der Waals surface area contributed by atoms with Gasteiger partial charge in [-0.3, -0.25) is 11.3 Å². The maximum Gasteiger partial charge on any atom is 0.0652 e. The number of hydrogen-bond acceptors (Lipinski definition) is 3. The van der Waals surface area contributed by atoms with Crippen LogP contribution in [0.3, 0.4) is 0 Å². The van der Waals surface area contributed by atoms with Crippen LogP contribution in [0, 0.1) is 0 Å². The number of nitrogens with one attached hydrogen (secondary N) is 1. The first kappa shape index (κ1) is 7.88. The van der Waals surface area contributed by atoms with Gasteiger partial charge in [0.1, 0.15) is 0 Å². The van der Waals surface area contributed by atoms with Gasteiger partial charge in [-0.2, -0.15) is 0 Å². The maximum atomic E-state index is 5.16. The molecule has 8 heavy (non-hydrogen) atoms. The highest BCUT2D eigenvalue weighted by Gasteiger charge is 2.13. The summed E-state index contributed by atoms with van der Waals surface area (Å²) in [6, 6.07) is 0. The van der Waals surface area contributed by atoms with E-state index in [4.69, 9.17) is 10.6 Å². The van der Waals surface area contributed by atoms with Gasteiger partial charge in [0.2, 0.25) is 0 Å². The summed E-state index contributed by atoms with van der Waals surface area (Å²) in [6.45, 7) is 4.57. The first-order valence-corrected chi connectivity index (χ1v) is 2.59. The molecule has 0 amide bonds. The van der Waals surface area contributed by atoms with Crippen LogP contribution in [-0.4, -0.2) is 19.3 Å². The van der Waals surface area contributed by atoms with Crippen molar-refractivity contribution >= 4 is 0 Å². The summed E-state index contributed by atoms with van der Waals surface area (Å²) in [5, 5.41) is 0. The summed E-state index contributed by atoms with van der Waals surface area (Å²) in [7, 11) is 1.65. The molecule has 0 aromatic rings. The molecule has 0 aliphatic carbocycles. The van der Waals surface area contributed by atoms with Crippen molar-refractivity contribution in [3.63, 3.8) is 0 Å². The molecular weight excluding hydrogens is 104 g/mol. The van der Waals surface area contributed by atoms with Gasteiger partial charge in [0.25, 0.3) is 0 Å². The van der Waals surface area contributed by atoms with Crippen molar-refractivity contribution < 1.29 is 4.74 Å². The van der Waals surface area contributed by atoms with E-state index in [1.54, 1.807) is 7.11 Å². The second kappa shape index (κ2) is 3.02. The summed E-state index contributed by atoms with van der Waals surface area (Å²) >= 11 is 0. The Hall–Kier alpha value is -0.120. The largest absolute Gasteiger partial charge is 0.383 e. The third-order valence-electron chi connectivity index (χ3n) is 0.896. The van der Waals surface area contributed by atoms with Crippen LogP contribution in [0.25, 0.3) is 0 Å². The van der Waals surface area contributed by atoms with E-state index in [1.807, 2.05) is 13.8 Å². The predicted molar refractivity (Wildman–Crippen MR) is 33.3 cm³/mol. The smallest absolute Gasteiger partial charge is 0.0652 e. The van der Waals surface area contributed by atoms with Crippen LogP contribution in [0.15, 0.2) is 0 Å². The van der Waals surface area contributed by atoms with Crippen molar-refractivity contribution in [3.8, 4) is 0 Å². The Morgan fingerprint density at radius 2 is 2.12 bits per heavy atom. The Morgan fingerprint density at radius 1 is 1.62 bits per heavy atom. The highest BCUT2D eigenvalue weighted by atomic mass is 16.5. The van der Waals surface area contributed by atoms with E-state index in [0.29, 0.717) is 6.61 Å². The number of rotatable bonds is 3. The van der Waals surface area contributed by atoms with Crippen molar-refractivity contribution in [2.24, 2.45) is 5.84 Å². The van der Waals surface area contributed by atoms with Gasteiger partial charge in [-0.05, 0) is 13.8 Å². The van der Waals surface area contributed by atoms with E-state index in [9.17, 15) is 0 Å². The summed E-state index contributed by atoms with van der Waals surface area (Å²) in [5.41, 5.74) is 2.51. The van der Waals surface area contributed by atoms with Crippen molar-refractivity contribution in [3.05, 3.63) is 0 Å². The molecule has 3 nitrogen and oxygen atoms in total. The molecule has 0 bridgehead atoms. The van der Waals surface area contributed by atoms with E-state index < -0.39 is 0 Å². The van der Waals surface area contributed by atoms with Crippen molar-refractivity contribution in [2.45, 2.75) is 19.4 Å². The molecule has 0 aromatic carbocycles. The average Bonchev–Trinajstić information content (AvgIpc) is 1.67. The lowest BCUT2D eigenvalue weighted by atomic mass is 10.1. The lowest BCUT2D eigenvalue weighted by molar-refractivity contribution is 0.129. The van der Waals surface area contributed by atoms with Crippen molar-refractivity contribution in [1.82, 2.24) is 5.43 Å². The molecule has 0 fully saturated rings. The zero-order valence-electron chi connectivity index (χ0n) is 5.69. The fourth-order valence-corrected chi connectivity index (χ4v) is 0.403. The van der Waals surface area contributed by atoms with Gasteiger partial charge in [0.05, 0.1) is 6.61 Å². The van der Waals surface area contributed by atoms with Gasteiger partial charge in [-0.25, -0.2) is 0 Å². The second-order valence-electron chi connectivity index (χ2n) is 2.46. The molecule has 3 heteroatoms. The molecular formula is C5H14N2O. The molecule has 0 unspecified atom stereocenters. The number of hydrogen-bond donors (Lipinski definition) is 2. The zero-order chi connectivity index (χ0) is 6.62. The molecule has 0 rings (SSSR count). The summed E-state index contributed by atoms with van der Waals surface area (Å²) in [5.74, 6) is 5.16. The monoisotopic (exact) mass is 118 g/mol. The molecule has 0 atom stereocenters. The first-order chi connectivity index (χ1) is 3.62. The molecule has 0 radical (unpaired) electrons. The number of methoxy groups -OCH3 is 1. The lowest BCUT2D eigenvalue weighted by Gasteiger charge is -2.21. The molecule has 50 valence electrons. The van der Waals surface area contributed by atoms with Crippen LogP contribution in [0.2, 0.25) is 0 Å². The topological polar surface area (TPSA) is 47.3 Å². The van der Waals surface area contributed by atoms with E-state index in [2.05, 4.69) is 5.43 Å². The SMILES string of the molecule is COCC(C)(C)NN. The fraction of sp³-hybridized carbons (Fsp3) is 1.00. The summed E-state index contributed by atoms with van der Waals surface area (Å²) in [4.78, 5) is 0. The van der Waals surface area contributed by atoms with Crippen LogP contribution in [0.4, 0.5) is 0 Å². The maximum absolute atomic E-state index is 5.16. The molecule has 0 heterocycles. The third-order valence-corrected chi connectivity index (χ3v) is 0.896. The average molecular weight is 118 g/mol. The Kier molecular flexibility index (Phi) is 2.97. The van der Waals surface area contributed by atoms with E-state index in [1.165, 1.54) is 0 Å². The summed E-state index contributed by atoms with van der Waals surface area (Å²) in [6.07, 6.45) is 0. The molecule has 0 aliphatic rings. The van der Waals surface area contributed by atoms with Crippen LogP contribution >= 0.6 is 0 Å². The predicted octanol–water partition coefficient (Wildman–Crippen LogP) is -0.125. The Morgan fingerprint density at radius 3 is 2.25 bits per heavy atom. The Labute approximate surface area is 50.2 Å². The molecule has 0 aliphatic heterocycles. The highest BCUT2D eigenvalue weighted by molar-refractivity contribution is 4.72. The van der Waals surface area contributed by atoms with Crippen molar-refractivity contribution in [2.75, 3.05) is 13.7 Å². The first-order valence-electron chi connectivity index (χ1n) is 2.59. The molecule has 0 spiro atoms.